The molecule has 1 aliphatic rings. The van der Waals surface area contributed by atoms with Crippen molar-refractivity contribution in [2.24, 2.45) is 10.1 Å². The molecule has 0 unspecified atom stereocenters. The van der Waals surface area contributed by atoms with E-state index < -0.39 is 10.0 Å². The predicted octanol–water partition coefficient (Wildman–Crippen LogP) is 3.00. The highest BCUT2D eigenvalue weighted by Gasteiger charge is 2.12. The Bertz CT molecular complexity index is 851. The second-order valence-corrected chi connectivity index (χ2v) is 7.32. The normalized spacial score (nSPS) is 13.4. The van der Waals surface area contributed by atoms with Crippen LogP contribution in [0.4, 0.5) is 17.1 Å². The topological polar surface area (TPSA) is 96.6 Å². The van der Waals surface area contributed by atoms with E-state index in [1.807, 2.05) is 6.07 Å². The summed E-state index contributed by atoms with van der Waals surface area (Å²) in [5.41, 5.74) is 2.20. The number of hydrogen-bond donors (Lipinski definition) is 3. The zero-order chi connectivity index (χ0) is 15.7. The summed E-state index contributed by atoms with van der Waals surface area (Å²) in [7, 11) is -3.69. The van der Waals surface area contributed by atoms with Gasteiger partial charge in [-0.3, -0.25) is 0 Å². The van der Waals surface area contributed by atoms with Crippen LogP contribution in [0.1, 0.15) is 0 Å². The van der Waals surface area contributed by atoms with Crippen LogP contribution in [-0.2, 0) is 10.0 Å². The van der Waals surface area contributed by atoms with Crippen molar-refractivity contribution < 1.29 is 8.42 Å². The summed E-state index contributed by atoms with van der Waals surface area (Å²) in [6, 6.07) is 9.76. The van der Waals surface area contributed by atoms with Gasteiger partial charge in [0.2, 0.25) is 10.0 Å². The number of fused-ring (bicyclic) bond motifs is 1. The summed E-state index contributed by atoms with van der Waals surface area (Å²) in [5.74, 6) is 0. The summed E-state index contributed by atoms with van der Waals surface area (Å²) in [4.78, 5) is 5.19. The fourth-order valence-corrected chi connectivity index (χ4v) is 3.24. The van der Waals surface area contributed by atoms with Gasteiger partial charge in [0.05, 0.1) is 32.5 Å². The summed E-state index contributed by atoms with van der Waals surface area (Å²) in [5, 5.41) is 8.73. The lowest BCUT2D eigenvalue weighted by Gasteiger charge is -2.15. The molecule has 0 amide bonds. The Morgan fingerprint density at radius 2 is 1.95 bits per heavy atom. The van der Waals surface area contributed by atoms with Gasteiger partial charge in [-0.1, -0.05) is 11.6 Å². The molecule has 0 fully saturated rings. The summed E-state index contributed by atoms with van der Waals surface area (Å²) < 4.78 is 25.4. The minimum absolute atomic E-state index is 0.0590. The standard InChI is InChI=1S/C13H11ClN4O2S2/c14-10-5-12-13(21-17-7-16-12)6-11(10)18-8-1-3-9(4-2-8)22(15,19)20/h1-7,18H,(H,16,17)(H2,15,19,20). The minimum atomic E-state index is -3.69. The molecular weight excluding hydrogens is 344 g/mol. The molecule has 0 aromatic heterocycles. The van der Waals surface area contributed by atoms with E-state index in [1.54, 1.807) is 24.5 Å². The fourth-order valence-electron chi connectivity index (χ4n) is 1.89. The molecule has 4 N–H and O–H groups in total. The molecule has 6 nitrogen and oxygen atoms in total. The molecule has 0 atom stereocenters. The van der Waals surface area contributed by atoms with Gasteiger partial charge in [0.25, 0.3) is 0 Å². The van der Waals surface area contributed by atoms with Gasteiger partial charge >= 0.3 is 0 Å². The summed E-state index contributed by atoms with van der Waals surface area (Å²) in [6.45, 7) is 0. The molecule has 22 heavy (non-hydrogen) atoms. The average Bonchev–Trinajstić information content (AvgIpc) is 2.48. The number of sulfonamides is 1. The highest BCUT2D eigenvalue weighted by Crippen LogP contribution is 2.38. The minimum Gasteiger partial charge on any atom is -0.354 e. The monoisotopic (exact) mass is 354 g/mol. The van der Waals surface area contributed by atoms with Crippen LogP contribution in [0, 0.1) is 0 Å². The van der Waals surface area contributed by atoms with Crippen LogP contribution >= 0.6 is 23.5 Å². The Morgan fingerprint density at radius 3 is 2.64 bits per heavy atom. The van der Waals surface area contributed by atoms with Gasteiger partial charge in [-0.25, -0.2) is 18.5 Å². The van der Waals surface area contributed by atoms with Crippen molar-refractivity contribution in [3.8, 4) is 0 Å². The third-order valence-corrected chi connectivity index (χ3v) is 4.95. The first-order valence-corrected chi connectivity index (χ1v) is 8.86. The first-order valence-electron chi connectivity index (χ1n) is 6.12. The van der Waals surface area contributed by atoms with Gasteiger partial charge in [0.1, 0.15) is 0 Å². The Hall–Kier alpha value is -1.74. The quantitative estimate of drug-likeness (QED) is 0.736. The van der Waals surface area contributed by atoms with Crippen LogP contribution < -0.4 is 15.2 Å². The van der Waals surface area contributed by atoms with E-state index in [2.05, 4.69) is 15.0 Å². The van der Waals surface area contributed by atoms with Crippen LogP contribution in [0.3, 0.4) is 0 Å². The second kappa shape index (κ2) is 5.81. The number of nitrogens with two attached hydrogens (primary N) is 1. The van der Waals surface area contributed by atoms with E-state index >= 15 is 0 Å². The first-order chi connectivity index (χ1) is 10.4. The van der Waals surface area contributed by atoms with E-state index in [0.29, 0.717) is 16.4 Å². The number of rotatable bonds is 3. The van der Waals surface area contributed by atoms with E-state index in [4.69, 9.17) is 16.7 Å². The molecule has 114 valence electrons. The molecule has 0 saturated carbocycles. The second-order valence-electron chi connectivity index (χ2n) is 4.47. The lowest BCUT2D eigenvalue weighted by molar-refractivity contribution is 0.598. The molecule has 1 aliphatic heterocycles. The number of nitrogens with zero attached hydrogens (tertiary/aromatic N) is 1. The number of nitrogens with one attached hydrogen (secondary N) is 2. The van der Waals surface area contributed by atoms with Crippen molar-refractivity contribution in [2.45, 2.75) is 9.79 Å². The molecule has 0 spiro atoms. The van der Waals surface area contributed by atoms with E-state index in [9.17, 15) is 8.42 Å². The lowest BCUT2D eigenvalue weighted by Crippen LogP contribution is -2.11. The number of aliphatic imine (C=N–C) groups is 1. The van der Waals surface area contributed by atoms with Gasteiger partial charge in [-0.05, 0) is 48.3 Å². The molecule has 2 aromatic carbocycles. The molecular formula is C13H11ClN4O2S2. The molecule has 0 saturated heterocycles. The van der Waals surface area contributed by atoms with Crippen molar-refractivity contribution in [3.63, 3.8) is 0 Å². The summed E-state index contributed by atoms with van der Waals surface area (Å²) >= 11 is 7.67. The van der Waals surface area contributed by atoms with Crippen molar-refractivity contribution in [2.75, 3.05) is 5.32 Å². The van der Waals surface area contributed by atoms with Crippen molar-refractivity contribution >= 4 is 57.0 Å². The van der Waals surface area contributed by atoms with Crippen molar-refractivity contribution in [3.05, 3.63) is 41.4 Å². The van der Waals surface area contributed by atoms with E-state index in [1.165, 1.54) is 24.1 Å². The van der Waals surface area contributed by atoms with Gasteiger partial charge in [0, 0.05) is 5.69 Å². The van der Waals surface area contributed by atoms with Crippen LogP contribution in [0.25, 0.3) is 0 Å². The van der Waals surface area contributed by atoms with Gasteiger partial charge in [0.15, 0.2) is 0 Å². The molecule has 0 bridgehead atoms. The third kappa shape index (κ3) is 3.20. The number of primary sulfonamides is 1. The highest BCUT2D eigenvalue weighted by atomic mass is 35.5. The largest absolute Gasteiger partial charge is 0.354 e. The van der Waals surface area contributed by atoms with Gasteiger partial charge < -0.3 is 10.0 Å². The molecule has 1 heterocycles. The smallest absolute Gasteiger partial charge is 0.238 e. The van der Waals surface area contributed by atoms with Crippen LogP contribution in [-0.4, -0.2) is 14.8 Å². The lowest BCUT2D eigenvalue weighted by atomic mass is 10.2. The highest BCUT2D eigenvalue weighted by molar-refractivity contribution is 7.98. The maximum atomic E-state index is 11.2. The van der Waals surface area contributed by atoms with Gasteiger partial charge in [-0.2, -0.15) is 0 Å². The molecule has 0 aliphatic carbocycles. The third-order valence-electron chi connectivity index (χ3n) is 2.94. The zero-order valence-electron chi connectivity index (χ0n) is 11.1. The Morgan fingerprint density at radius 1 is 1.23 bits per heavy atom. The number of anilines is 2. The molecule has 9 heteroatoms. The average molecular weight is 355 g/mol. The Labute approximate surface area is 137 Å². The van der Waals surface area contributed by atoms with E-state index in [0.717, 1.165) is 10.6 Å². The first kappa shape index (κ1) is 15.2. The van der Waals surface area contributed by atoms with Crippen LogP contribution in [0.5, 0.6) is 0 Å². The molecule has 3 rings (SSSR count). The Kier molecular flexibility index (Phi) is 4.00. The van der Waals surface area contributed by atoms with Crippen LogP contribution in [0.15, 0.2) is 51.2 Å². The maximum absolute atomic E-state index is 11.2. The van der Waals surface area contributed by atoms with Crippen molar-refractivity contribution in [1.82, 2.24) is 4.72 Å². The van der Waals surface area contributed by atoms with Crippen molar-refractivity contribution in [1.29, 1.82) is 0 Å². The Balaban J connectivity index is 1.89. The molecule has 0 radical (unpaired) electrons. The van der Waals surface area contributed by atoms with Gasteiger partial charge in [-0.15, -0.1) is 0 Å². The maximum Gasteiger partial charge on any atom is 0.238 e. The fraction of sp³-hybridized carbons (Fsp3) is 0. The molecule has 2 aromatic rings. The zero-order valence-corrected chi connectivity index (χ0v) is 13.5. The number of benzene rings is 2. The predicted molar refractivity (Wildman–Crippen MR) is 89.7 cm³/mol. The number of hydrogen-bond acceptors (Lipinski definition) is 6. The van der Waals surface area contributed by atoms with E-state index in [-0.39, 0.29) is 4.90 Å². The number of halogens is 1. The summed E-state index contributed by atoms with van der Waals surface area (Å²) in [6.07, 6.45) is 1.60. The van der Waals surface area contributed by atoms with Crippen LogP contribution in [0.2, 0.25) is 5.02 Å². The SMILES string of the molecule is NS(=O)(=O)c1ccc(Nc2cc3c(cc2Cl)N=CNS3)cc1.